The first-order valence-corrected chi connectivity index (χ1v) is 11.9. The molecule has 33 heavy (non-hydrogen) atoms. The number of carboxylic acid groups (broad SMARTS) is 1. The molecule has 1 aliphatic carbocycles. The SMILES string of the molecule is CCN(CC)C(=O)CCC(=O)OC1(C#Cc2cccc(C)c2)CCCC2C1CCN2C(=O)O. The predicted octanol–water partition coefficient (Wildman–Crippen LogP) is 3.83. The highest BCUT2D eigenvalue weighted by atomic mass is 16.6. The second-order valence-electron chi connectivity index (χ2n) is 8.88. The molecule has 0 radical (unpaired) electrons. The smallest absolute Gasteiger partial charge is 0.407 e. The molecule has 2 aliphatic rings. The van der Waals surface area contributed by atoms with E-state index in [4.69, 9.17) is 4.74 Å². The quantitative estimate of drug-likeness (QED) is 0.521. The van der Waals surface area contributed by atoms with Gasteiger partial charge in [0, 0.05) is 43.6 Å². The lowest BCUT2D eigenvalue weighted by Crippen LogP contribution is -2.51. The van der Waals surface area contributed by atoms with Crippen molar-refractivity contribution in [3.05, 3.63) is 35.4 Å². The van der Waals surface area contributed by atoms with Crippen molar-refractivity contribution in [1.29, 1.82) is 0 Å². The van der Waals surface area contributed by atoms with Crippen LogP contribution in [-0.2, 0) is 14.3 Å². The van der Waals surface area contributed by atoms with Gasteiger partial charge in [-0.05, 0) is 70.1 Å². The van der Waals surface area contributed by atoms with Crippen LogP contribution in [-0.4, -0.2) is 64.2 Å². The highest BCUT2D eigenvalue weighted by molar-refractivity contribution is 5.81. The highest BCUT2D eigenvalue weighted by Crippen LogP contribution is 2.45. The van der Waals surface area contributed by atoms with Crippen molar-refractivity contribution in [2.24, 2.45) is 5.92 Å². The summed E-state index contributed by atoms with van der Waals surface area (Å²) in [5.41, 5.74) is 0.867. The predicted molar refractivity (Wildman–Crippen MR) is 125 cm³/mol. The van der Waals surface area contributed by atoms with Crippen LogP contribution in [0.4, 0.5) is 4.79 Å². The number of carbonyl (C=O) groups excluding carboxylic acids is 2. The highest BCUT2D eigenvalue weighted by Gasteiger charge is 2.53. The van der Waals surface area contributed by atoms with Gasteiger partial charge in [0.05, 0.1) is 6.42 Å². The van der Waals surface area contributed by atoms with Crippen molar-refractivity contribution in [1.82, 2.24) is 9.80 Å². The fourth-order valence-corrected chi connectivity index (χ4v) is 5.16. The molecule has 0 bridgehead atoms. The van der Waals surface area contributed by atoms with Gasteiger partial charge in [-0.3, -0.25) is 9.59 Å². The summed E-state index contributed by atoms with van der Waals surface area (Å²) in [5.74, 6) is 5.75. The number of amides is 2. The van der Waals surface area contributed by atoms with E-state index in [9.17, 15) is 19.5 Å². The number of hydrogen-bond acceptors (Lipinski definition) is 4. The topological polar surface area (TPSA) is 87.2 Å². The van der Waals surface area contributed by atoms with E-state index in [2.05, 4.69) is 11.8 Å². The van der Waals surface area contributed by atoms with Gasteiger partial charge in [-0.2, -0.15) is 0 Å². The molecular formula is C26H34N2O5. The van der Waals surface area contributed by atoms with E-state index < -0.39 is 17.7 Å². The number of likely N-dealkylation sites (tertiary alicyclic amines) is 1. The van der Waals surface area contributed by atoms with Gasteiger partial charge in [0.25, 0.3) is 0 Å². The van der Waals surface area contributed by atoms with E-state index in [0.29, 0.717) is 32.5 Å². The van der Waals surface area contributed by atoms with Crippen molar-refractivity contribution in [2.45, 2.75) is 70.9 Å². The van der Waals surface area contributed by atoms with Gasteiger partial charge in [0.1, 0.15) is 0 Å². The van der Waals surface area contributed by atoms with Gasteiger partial charge in [-0.1, -0.05) is 18.1 Å². The summed E-state index contributed by atoms with van der Waals surface area (Å²) in [4.78, 5) is 40.1. The van der Waals surface area contributed by atoms with Crippen LogP contribution in [0.3, 0.4) is 0 Å². The molecule has 1 heterocycles. The molecule has 3 unspecified atom stereocenters. The van der Waals surface area contributed by atoms with Gasteiger partial charge in [-0.25, -0.2) is 4.79 Å². The monoisotopic (exact) mass is 454 g/mol. The summed E-state index contributed by atoms with van der Waals surface area (Å²) >= 11 is 0. The third kappa shape index (κ3) is 5.68. The summed E-state index contributed by atoms with van der Waals surface area (Å²) in [7, 11) is 0. The minimum absolute atomic E-state index is 0.0107. The average molecular weight is 455 g/mol. The van der Waals surface area contributed by atoms with Crippen LogP contribution < -0.4 is 0 Å². The Balaban J connectivity index is 1.84. The first-order chi connectivity index (χ1) is 15.8. The Kier molecular flexibility index (Phi) is 8.01. The zero-order valence-corrected chi connectivity index (χ0v) is 19.8. The molecule has 1 aromatic carbocycles. The van der Waals surface area contributed by atoms with Gasteiger partial charge in [-0.15, -0.1) is 0 Å². The van der Waals surface area contributed by atoms with Crippen LogP contribution in [0.15, 0.2) is 24.3 Å². The van der Waals surface area contributed by atoms with Gasteiger partial charge in [0.15, 0.2) is 5.60 Å². The van der Waals surface area contributed by atoms with Crippen LogP contribution in [0.2, 0.25) is 0 Å². The van der Waals surface area contributed by atoms with Crippen LogP contribution in [0.5, 0.6) is 0 Å². The maximum atomic E-state index is 12.9. The first-order valence-electron chi connectivity index (χ1n) is 11.9. The van der Waals surface area contributed by atoms with E-state index in [1.165, 1.54) is 4.90 Å². The fourth-order valence-electron chi connectivity index (χ4n) is 5.16. The standard InChI is InChI=1S/C26H34N2O5/c1-4-27(5-2)23(29)11-12-24(30)33-26(16-13-20-9-6-8-19(3)18-20)15-7-10-22-21(26)14-17-28(22)25(31)32/h6,8-9,18,21-22H,4-5,7,10-12,14-15,17H2,1-3H3,(H,31,32). The largest absolute Gasteiger partial charge is 0.465 e. The van der Waals surface area contributed by atoms with E-state index in [0.717, 1.165) is 24.0 Å². The van der Waals surface area contributed by atoms with E-state index in [-0.39, 0.29) is 30.7 Å². The normalized spacial score (nSPS) is 23.8. The van der Waals surface area contributed by atoms with E-state index >= 15 is 0 Å². The molecule has 1 saturated carbocycles. The molecule has 178 valence electrons. The molecule has 2 fully saturated rings. The Hall–Kier alpha value is -3.01. The lowest BCUT2D eigenvalue weighted by molar-refractivity contribution is -0.163. The molecular weight excluding hydrogens is 420 g/mol. The minimum atomic E-state index is -1.05. The number of hydrogen-bond donors (Lipinski definition) is 1. The Morgan fingerprint density at radius 2 is 1.97 bits per heavy atom. The van der Waals surface area contributed by atoms with Crippen LogP contribution in [0, 0.1) is 24.7 Å². The van der Waals surface area contributed by atoms with Crippen LogP contribution >= 0.6 is 0 Å². The summed E-state index contributed by atoms with van der Waals surface area (Å²) in [6.45, 7) is 7.43. The molecule has 1 N–H and O–H groups in total. The third-order valence-electron chi connectivity index (χ3n) is 6.83. The molecule has 3 rings (SSSR count). The second kappa shape index (κ2) is 10.7. The van der Waals surface area contributed by atoms with Gasteiger partial charge >= 0.3 is 12.1 Å². The molecule has 1 aromatic rings. The Bertz CT molecular complexity index is 945. The van der Waals surface area contributed by atoms with Crippen LogP contribution in [0.25, 0.3) is 0 Å². The first kappa shape index (κ1) is 24.6. The molecule has 7 nitrogen and oxygen atoms in total. The fraction of sp³-hybridized carbons (Fsp3) is 0.577. The molecule has 1 aliphatic heterocycles. The molecule has 3 atom stereocenters. The number of aryl methyl sites for hydroxylation is 1. The number of ether oxygens (including phenoxy) is 1. The Labute approximate surface area is 196 Å². The van der Waals surface area contributed by atoms with Crippen molar-refractivity contribution in [2.75, 3.05) is 19.6 Å². The van der Waals surface area contributed by atoms with Crippen molar-refractivity contribution in [3.8, 4) is 11.8 Å². The van der Waals surface area contributed by atoms with Crippen molar-refractivity contribution in [3.63, 3.8) is 0 Å². The third-order valence-corrected chi connectivity index (χ3v) is 6.83. The van der Waals surface area contributed by atoms with Crippen molar-refractivity contribution < 1.29 is 24.2 Å². The lowest BCUT2D eigenvalue weighted by Gasteiger charge is -2.42. The maximum Gasteiger partial charge on any atom is 0.407 e. The Morgan fingerprint density at radius 1 is 1.21 bits per heavy atom. The summed E-state index contributed by atoms with van der Waals surface area (Å²) < 4.78 is 6.07. The van der Waals surface area contributed by atoms with Gasteiger partial charge in [0.2, 0.25) is 5.91 Å². The lowest BCUT2D eigenvalue weighted by atomic mass is 9.72. The summed E-state index contributed by atoms with van der Waals surface area (Å²) in [5, 5.41) is 9.63. The summed E-state index contributed by atoms with van der Waals surface area (Å²) in [6.07, 6.45) is 1.77. The second-order valence-corrected chi connectivity index (χ2v) is 8.88. The summed E-state index contributed by atoms with van der Waals surface area (Å²) in [6, 6.07) is 7.60. The molecule has 2 amide bonds. The number of fused-ring (bicyclic) bond motifs is 1. The minimum Gasteiger partial charge on any atom is -0.465 e. The van der Waals surface area contributed by atoms with Crippen LogP contribution in [0.1, 0.15) is 63.5 Å². The number of rotatable bonds is 6. The number of nitrogens with zero attached hydrogens (tertiary/aromatic N) is 2. The average Bonchev–Trinajstić information content (AvgIpc) is 3.23. The number of carbonyl (C=O) groups is 3. The molecule has 0 aromatic heterocycles. The Morgan fingerprint density at radius 3 is 2.64 bits per heavy atom. The van der Waals surface area contributed by atoms with E-state index in [1.54, 1.807) is 4.90 Å². The van der Waals surface area contributed by atoms with E-state index in [1.807, 2.05) is 45.0 Å². The zero-order chi connectivity index (χ0) is 24.0. The molecule has 1 saturated heterocycles. The van der Waals surface area contributed by atoms with Gasteiger partial charge < -0.3 is 19.6 Å². The number of esters is 1. The zero-order valence-electron chi connectivity index (χ0n) is 19.8. The maximum absolute atomic E-state index is 12.9. The molecule has 0 spiro atoms. The number of benzene rings is 1. The van der Waals surface area contributed by atoms with Crippen molar-refractivity contribution >= 4 is 18.0 Å². The molecule has 7 heteroatoms.